The first-order valence-electron chi connectivity index (χ1n) is 13.2. The Morgan fingerprint density at radius 3 is 2.73 bits per heavy atom. The van der Waals surface area contributed by atoms with Crippen molar-refractivity contribution in [3.63, 3.8) is 0 Å². The molecule has 9 heteroatoms. The summed E-state index contributed by atoms with van der Waals surface area (Å²) in [5.74, 6) is 0.786. The molecule has 1 amide bonds. The second kappa shape index (κ2) is 12.7. The summed E-state index contributed by atoms with van der Waals surface area (Å²) in [6.07, 6.45) is 12.5. The fraction of sp³-hybridized carbons (Fsp3) is 0.194. The van der Waals surface area contributed by atoms with Gasteiger partial charge in [0.05, 0.1) is 24.2 Å². The second-order valence-corrected chi connectivity index (χ2v) is 9.47. The fourth-order valence-corrected chi connectivity index (χ4v) is 4.19. The zero-order chi connectivity index (χ0) is 27.7. The normalized spacial score (nSPS) is 10.8. The van der Waals surface area contributed by atoms with E-state index in [1.54, 1.807) is 24.8 Å². The standard InChI is InChI=1S/C31H31N7O2/c1-22-7-10-29(40-17-4-3-15-38-16-14-33-21-38)26(18-22)30(39)35-25-9-8-23(2)28(19-25)37-31-34-13-11-27(36-31)24-6-5-12-32-20-24/h5-14,16,18-21H,3-4,15,17H2,1-2H3,(H,35,39)(H,34,36,37). The highest BCUT2D eigenvalue weighted by molar-refractivity contribution is 6.06. The lowest BCUT2D eigenvalue weighted by molar-refractivity contribution is 0.102. The fourth-order valence-electron chi connectivity index (χ4n) is 4.19. The van der Waals surface area contributed by atoms with Crippen molar-refractivity contribution in [3.05, 3.63) is 109 Å². The Kier molecular flexibility index (Phi) is 8.41. The van der Waals surface area contributed by atoms with Crippen LogP contribution in [0.2, 0.25) is 0 Å². The molecule has 0 fully saturated rings. The quantitative estimate of drug-likeness (QED) is 0.195. The van der Waals surface area contributed by atoms with E-state index in [1.807, 2.05) is 85.5 Å². The molecule has 0 saturated carbocycles. The van der Waals surface area contributed by atoms with E-state index in [9.17, 15) is 4.79 Å². The van der Waals surface area contributed by atoms with Gasteiger partial charge < -0.3 is 19.9 Å². The van der Waals surface area contributed by atoms with Crippen molar-refractivity contribution < 1.29 is 9.53 Å². The summed E-state index contributed by atoms with van der Waals surface area (Å²) in [6.45, 7) is 5.35. The minimum Gasteiger partial charge on any atom is -0.493 e. The number of carbonyl (C=O) groups excluding carboxylic acids is 1. The number of imidazole rings is 1. The van der Waals surface area contributed by atoms with Crippen molar-refractivity contribution in [1.82, 2.24) is 24.5 Å². The Labute approximate surface area is 233 Å². The van der Waals surface area contributed by atoms with Crippen molar-refractivity contribution in [2.24, 2.45) is 0 Å². The van der Waals surface area contributed by atoms with Crippen molar-refractivity contribution in [2.75, 3.05) is 17.2 Å². The van der Waals surface area contributed by atoms with Crippen LogP contribution < -0.4 is 15.4 Å². The number of carbonyl (C=O) groups is 1. The predicted molar refractivity (Wildman–Crippen MR) is 156 cm³/mol. The molecular weight excluding hydrogens is 502 g/mol. The van der Waals surface area contributed by atoms with Crippen LogP contribution in [0.25, 0.3) is 11.3 Å². The topological polar surface area (TPSA) is 107 Å². The van der Waals surface area contributed by atoms with E-state index in [4.69, 9.17) is 4.74 Å². The number of rotatable bonds is 11. The highest BCUT2D eigenvalue weighted by Gasteiger charge is 2.15. The number of aromatic nitrogens is 5. The van der Waals surface area contributed by atoms with Gasteiger partial charge in [-0.3, -0.25) is 9.78 Å². The summed E-state index contributed by atoms with van der Waals surface area (Å²) in [6, 6.07) is 17.0. The van der Waals surface area contributed by atoms with Crippen LogP contribution in [0.5, 0.6) is 5.75 Å². The molecule has 40 heavy (non-hydrogen) atoms. The first-order valence-corrected chi connectivity index (χ1v) is 13.2. The molecule has 0 saturated heterocycles. The van der Waals surface area contributed by atoms with Crippen molar-refractivity contribution in [3.8, 4) is 17.0 Å². The Bertz CT molecular complexity index is 1570. The van der Waals surface area contributed by atoms with Crippen LogP contribution in [0.1, 0.15) is 34.3 Å². The molecule has 0 aliphatic carbocycles. The number of pyridine rings is 1. The van der Waals surface area contributed by atoms with Gasteiger partial charge in [-0.05, 0) is 74.7 Å². The first-order chi connectivity index (χ1) is 19.5. The molecule has 202 valence electrons. The third kappa shape index (κ3) is 6.87. The monoisotopic (exact) mass is 533 g/mol. The Balaban J connectivity index is 1.25. The van der Waals surface area contributed by atoms with E-state index in [0.29, 0.717) is 29.6 Å². The maximum absolute atomic E-state index is 13.3. The number of amides is 1. The number of hydrogen-bond donors (Lipinski definition) is 2. The summed E-state index contributed by atoms with van der Waals surface area (Å²) in [7, 11) is 0. The molecular formula is C31H31N7O2. The Morgan fingerprint density at radius 2 is 1.90 bits per heavy atom. The first kappa shape index (κ1) is 26.6. The summed E-state index contributed by atoms with van der Waals surface area (Å²) in [5, 5.41) is 6.30. The molecule has 5 rings (SSSR count). The average Bonchev–Trinajstić information content (AvgIpc) is 3.49. The van der Waals surface area contributed by atoms with Crippen LogP contribution in [0.3, 0.4) is 0 Å². The lowest BCUT2D eigenvalue weighted by Crippen LogP contribution is -2.14. The SMILES string of the molecule is Cc1ccc(OCCCCn2ccnc2)c(C(=O)Nc2ccc(C)c(Nc3nccc(-c4cccnc4)n3)c2)c1. The molecule has 0 aliphatic rings. The average molecular weight is 534 g/mol. The van der Waals surface area contributed by atoms with Gasteiger partial charge in [0.25, 0.3) is 5.91 Å². The van der Waals surface area contributed by atoms with Gasteiger partial charge >= 0.3 is 0 Å². The Hall–Kier alpha value is -5.05. The van der Waals surface area contributed by atoms with Gasteiger partial charge in [-0.2, -0.15) is 0 Å². The summed E-state index contributed by atoms with van der Waals surface area (Å²) in [5.41, 5.74) is 5.57. The van der Waals surface area contributed by atoms with E-state index in [2.05, 4.69) is 30.6 Å². The zero-order valence-electron chi connectivity index (χ0n) is 22.5. The van der Waals surface area contributed by atoms with E-state index in [1.165, 1.54) is 0 Å². The number of hydrogen-bond acceptors (Lipinski definition) is 7. The highest BCUT2D eigenvalue weighted by atomic mass is 16.5. The van der Waals surface area contributed by atoms with Crippen LogP contribution in [0.4, 0.5) is 17.3 Å². The van der Waals surface area contributed by atoms with Crippen LogP contribution in [-0.2, 0) is 6.54 Å². The summed E-state index contributed by atoms with van der Waals surface area (Å²) >= 11 is 0. The van der Waals surface area contributed by atoms with Crippen molar-refractivity contribution in [1.29, 1.82) is 0 Å². The van der Waals surface area contributed by atoms with Gasteiger partial charge in [0.15, 0.2) is 0 Å². The predicted octanol–water partition coefficient (Wildman–Crippen LogP) is 6.21. The zero-order valence-corrected chi connectivity index (χ0v) is 22.5. The maximum Gasteiger partial charge on any atom is 0.259 e. The molecule has 3 heterocycles. The highest BCUT2D eigenvalue weighted by Crippen LogP contribution is 2.26. The molecule has 9 nitrogen and oxygen atoms in total. The molecule has 0 bridgehead atoms. The van der Waals surface area contributed by atoms with Crippen molar-refractivity contribution in [2.45, 2.75) is 33.2 Å². The van der Waals surface area contributed by atoms with Gasteiger partial charge in [-0.25, -0.2) is 15.0 Å². The molecule has 3 aromatic heterocycles. The molecule has 0 aliphatic heterocycles. The third-order valence-electron chi connectivity index (χ3n) is 6.36. The van der Waals surface area contributed by atoms with Crippen molar-refractivity contribution >= 4 is 23.2 Å². The molecule has 2 N–H and O–H groups in total. The van der Waals surface area contributed by atoms with Gasteiger partial charge in [0, 0.05) is 54.5 Å². The second-order valence-electron chi connectivity index (χ2n) is 9.47. The number of anilines is 3. The molecule has 0 atom stereocenters. The Morgan fingerprint density at radius 1 is 0.975 bits per heavy atom. The largest absolute Gasteiger partial charge is 0.493 e. The number of nitrogens with one attached hydrogen (secondary N) is 2. The number of unbranched alkanes of at least 4 members (excludes halogenated alkanes) is 1. The number of benzene rings is 2. The molecule has 0 spiro atoms. The minimum absolute atomic E-state index is 0.234. The van der Waals surface area contributed by atoms with Crippen LogP contribution in [-0.4, -0.2) is 37.0 Å². The third-order valence-corrected chi connectivity index (χ3v) is 6.36. The minimum atomic E-state index is -0.234. The summed E-state index contributed by atoms with van der Waals surface area (Å²) < 4.78 is 8.06. The van der Waals surface area contributed by atoms with Gasteiger partial charge in [-0.15, -0.1) is 0 Å². The van der Waals surface area contributed by atoms with Gasteiger partial charge in [0.1, 0.15) is 5.75 Å². The van der Waals surface area contributed by atoms with Crippen LogP contribution >= 0.6 is 0 Å². The number of nitrogens with zero attached hydrogens (tertiary/aromatic N) is 5. The van der Waals surface area contributed by atoms with Gasteiger partial charge in [0.2, 0.25) is 5.95 Å². The molecule has 0 radical (unpaired) electrons. The molecule has 5 aromatic rings. The van der Waals surface area contributed by atoms with E-state index in [-0.39, 0.29) is 5.91 Å². The number of ether oxygens (including phenoxy) is 1. The number of aryl methyl sites for hydroxylation is 3. The van der Waals surface area contributed by atoms with E-state index >= 15 is 0 Å². The summed E-state index contributed by atoms with van der Waals surface area (Å²) in [4.78, 5) is 30.6. The van der Waals surface area contributed by atoms with E-state index < -0.39 is 0 Å². The van der Waals surface area contributed by atoms with E-state index in [0.717, 1.165) is 47.5 Å². The molecule has 2 aromatic carbocycles. The smallest absolute Gasteiger partial charge is 0.259 e. The lowest BCUT2D eigenvalue weighted by Gasteiger charge is -2.14. The van der Waals surface area contributed by atoms with Crippen LogP contribution in [0, 0.1) is 13.8 Å². The lowest BCUT2D eigenvalue weighted by atomic mass is 10.1. The molecule has 0 unspecified atom stereocenters. The maximum atomic E-state index is 13.3. The van der Waals surface area contributed by atoms with Crippen LogP contribution in [0.15, 0.2) is 91.9 Å². The van der Waals surface area contributed by atoms with Gasteiger partial charge in [-0.1, -0.05) is 17.7 Å².